The zero-order valence-electron chi connectivity index (χ0n) is 20.0. The first-order chi connectivity index (χ1) is 16.5. The molecule has 3 aliphatic heterocycles. The average Bonchev–Trinajstić information content (AvgIpc) is 3.35. The minimum atomic E-state index is -1.07. The van der Waals surface area contributed by atoms with Crippen molar-refractivity contribution < 1.29 is 33.8 Å². The summed E-state index contributed by atoms with van der Waals surface area (Å²) in [5.41, 5.74) is 2.04. The molecule has 4 rings (SSSR count). The number of ether oxygens (including phenoxy) is 2. The number of β-lactam (4-membered cyclic amide) rings is 1. The molecule has 4 unspecified atom stereocenters. The molecular weight excluding hydrogens is 474 g/mol. The predicted octanol–water partition coefficient (Wildman–Crippen LogP) is 1.35. The van der Waals surface area contributed by atoms with Crippen LogP contribution >= 0.6 is 11.8 Å². The van der Waals surface area contributed by atoms with Gasteiger partial charge >= 0.3 is 11.9 Å². The molecule has 3 N–H and O–H groups in total. The van der Waals surface area contributed by atoms with Gasteiger partial charge < -0.3 is 30.1 Å². The van der Waals surface area contributed by atoms with Crippen molar-refractivity contribution in [3.05, 3.63) is 41.1 Å². The molecule has 1 aromatic carbocycles. The van der Waals surface area contributed by atoms with Crippen molar-refractivity contribution in [3.63, 3.8) is 0 Å². The first-order valence-corrected chi connectivity index (χ1v) is 12.3. The summed E-state index contributed by atoms with van der Waals surface area (Å²) in [4.78, 5) is 51.3. The molecule has 11 heteroatoms. The quantitative estimate of drug-likeness (QED) is 0.273. The molecule has 0 aliphatic carbocycles. The van der Waals surface area contributed by atoms with Crippen molar-refractivity contribution in [2.45, 2.75) is 62.4 Å². The van der Waals surface area contributed by atoms with Gasteiger partial charge in [0.1, 0.15) is 29.2 Å². The van der Waals surface area contributed by atoms with Crippen LogP contribution in [0.4, 0.5) is 0 Å². The SMILES string of the molecule is CCOC(=O)/C=C(/C)NC(C(=O)NC1C(=O)N2C1SC(C)(C)C2C(=O)O)c1ccc2c(c1)CCO2. The highest BCUT2D eigenvalue weighted by Gasteiger charge is 2.64. The third kappa shape index (κ3) is 4.69. The molecule has 0 aromatic heterocycles. The minimum absolute atomic E-state index is 0.227. The number of carbonyl (C=O) groups excluding carboxylic acids is 3. The number of carboxylic acid groups (broad SMARTS) is 1. The minimum Gasteiger partial charge on any atom is -0.493 e. The molecule has 10 nitrogen and oxygen atoms in total. The van der Waals surface area contributed by atoms with Crippen LogP contribution < -0.4 is 15.4 Å². The zero-order valence-corrected chi connectivity index (χ0v) is 20.8. The van der Waals surface area contributed by atoms with E-state index < -0.39 is 52.0 Å². The van der Waals surface area contributed by atoms with Crippen molar-refractivity contribution in [2.75, 3.05) is 13.2 Å². The molecule has 35 heavy (non-hydrogen) atoms. The molecule has 2 saturated heterocycles. The van der Waals surface area contributed by atoms with E-state index in [2.05, 4.69) is 10.6 Å². The van der Waals surface area contributed by atoms with Crippen LogP contribution in [0.1, 0.15) is 44.9 Å². The molecule has 2 fully saturated rings. The van der Waals surface area contributed by atoms with Gasteiger partial charge in [-0.15, -0.1) is 11.8 Å². The topological polar surface area (TPSA) is 134 Å². The van der Waals surface area contributed by atoms with E-state index >= 15 is 0 Å². The Labute approximate surface area is 207 Å². The summed E-state index contributed by atoms with van der Waals surface area (Å²) < 4.78 is 9.82. The number of hydrogen-bond donors (Lipinski definition) is 3. The van der Waals surface area contributed by atoms with Crippen molar-refractivity contribution in [2.24, 2.45) is 0 Å². The summed E-state index contributed by atoms with van der Waals surface area (Å²) in [5.74, 6) is -1.72. The Morgan fingerprint density at radius 1 is 1.37 bits per heavy atom. The Kier molecular flexibility index (Phi) is 6.72. The molecule has 188 valence electrons. The van der Waals surface area contributed by atoms with Crippen molar-refractivity contribution in [1.29, 1.82) is 0 Å². The summed E-state index contributed by atoms with van der Waals surface area (Å²) >= 11 is 1.36. The van der Waals surface area contributed by atoms with Crippen LogP contribution in [0.2, 0.25) is 0 Å². The average molecular weight is 504 g/mol. The normalized spacial score (nSPS) is 25.0. The van der Waals surface area contributed by atoms with Crippen LogP contribution in [0.5, 0.6) is 5.75 Å². The number of amides is 2. The highest BCUT2D eigenvalue weighted by Crippen LogP contribution is 2.50. The van der Waals surface area contributed by atoms with Gasteiger partial charge in [-0.05, 0) is 51.0 Å². The van der Waals surface area contributed by atoms with Crippen LogP contribution in [0, 0.1) is 0 Å². The van der Waals surface area contributed by atoms with Crippen LogP contribution in [0.15, 0.2) is 30.0 Å². The second-order valence-corrected chi connectivity index (χ2v) is 11.0. The van der Waals surface area contributed by atoms with E-state index in [9.17, 15) is 24.3 Å². The highest BCUT2D eigenvalue weighted by molar-refractivity contribution is 8.01. The predicted molar refractivity (Wildman–Crippen MR) is 128 cm³/mol. The number of rotatable bonds is 8. The number of nitrogens with zero attached hydrogens (tertiary/aromatic N) is 1. The molecule has 0 radical (unpaired) electrons. The van der Waals surface area contributed by atoms with Crippen molar-refractivity contribution in [1.82, 2.24) is 15.5 Å². The lowest BCUT2D eigenvalue weighted by molar-refractivity contribution is -0.161. The Bertz CT molecular complexity index is 1100. The second kappa shape index (κ2) is 9.44. The molecule has 3 heterocycles. The maximum atomic E-state index is 13.5. The first-order valence-electron chi connectivity index (χ1n) is 11.4. The fourth-order valence-electron chi connectivity index (χ4n) is 4.70. The molecule has 0 saturated carbocycles. The van der Waals surface area contributed by atoms with E-state index in [1.807, 2.05) is 6.07 Å². The summed E-state index contributed by atoms with van der Waals surface area (Å²) in [5, 5.41) is 15.0. The van der Waals surface area contributed by atoms with Gasteiger partial charge in [0, 0.05) is 22.9 Å². The van der Waals surface area contributed by atoms with Gasteiger partial charge in [0.15, 0.2) is 0 Å². The fraction of sp³-hybridized carbons (Fsp3) is 0.500. The first kappa shape index (κ1) is 24.9. The standard InChI is InChI=1S/C24H29N3O7S/c1-5-33-16(28)10-12(2)25-17(14-6-7-15-13(11-14)8-9-34-15)20(29)26-18-21(30)27-19(23(31)32)24(3,4)35-22(18)27/h6-7,10-11,17-19,22,25H,5,8-9H2,1-4H3,(H,26,29)(H,31,32)/b12-10-. The number of hydrogen-bond acceptors (Lipinski definition) is 8. The third-order valence-corrected chi connectivity index (χ3v) is 7.85. The fourth-order valence-corrected chi connectivity index (χ4v) is 6.32. The summed E-state index contributed by atoms with van der Waals surface area (Å²) in [6.07, 6.45) is 1.99. The molecule has 0 bridgehead atoms. The van der Waals surface area contributed by atoms with Crippen LogP contribution in [-0.2, 0) is 30.3 Å². The Hall–Kier alpha value is -3.21. The number of nitrogens with one attached hydrogen (secondary N) is 2. The maximum Gasteiger partial charge on any atom is 0.332 e. The smallest absolute Gasteiger partial charge is 0.332 e. The Balaban J connectivity index is 1.56. The van der Waals surface area contributed by atoms with Crippen LogP contribution in [-0.4, -0.2) is 69.2 Å². The zero-order chi connectivity index (χ0) is 25.5. The number of carbonyl (C=O) groups is 4. The Morgan fingerprint density at radius 3 is 2.80 bits per heavy atom. The van der Waals surface area contributed by atoms with E-state index in [1.165, 1.54) is 22.7 Å². The molecule has 3 aliphatic rings. The summed E-state index contributed by atoms with van der Waals surface area (Å²) in [6.45, 7) is 7.70. The lowest BCUT2D eigenvalue weighted by Gasteiger charge is -2.44. The van der Waals surface area contributed by atoms with Crippen molar-refractivity contribution >= 4 is 35.5 Å². The summed E-state index contributed by atoms with van der Waals surface area (Å²) in [7, 11) is 0. The number of thioether (sulfide) groups is 1. The van der Waals surface area contributed by atoms with E-state index in [0.717, 1.165) is 17.7 Å². The maximum absolute atomic E-state index is 13.5. The molecule has 2 amide bonds. The van der Waals surface area contributed by atoms with E-state index in [0.29, 0.717) is 17.9 Å². The van der Waals surface area contributed by atoms with E-state index in [1.54, 1.807) is 39.8 Å². The number of esters is 1. The van der Waals surface area contributed by atoms with Gasteiger partial charge in [-0.1, -0.05) is 6.07 Å². The van der Waals surface area contributed by atoms with Crippen molar-refractivity contribution in [3.8, 4) is 5.75 Å². The third-order valence-electron chi connectivity index (χ3n) is 6.27. The van der Waals surface area contributed by atoms with Gasteiger partial charge in [0.05, 0.1) is 13.2 Å². The van der Waals surface area contributed by atoms with E-state index in [-0.39, 0.29) is 6.61 Å². The molecule has 1 aromatic rings. The summed E-state index contributed by atoms with van der Waals surface area (Å²) in [6, 6.07) is 2.74. The largest absolute Gasteiger partial charge is 0.493 e. The molecular formula is C24H29N3O7S. The number of benzene rings is 1. The second-order valence-electron chi connectivity index (χ2n) is 9.21. The van der Waals surface area contributed by atoms with Gasteiger partial charge in [-0.3, -0.25) is 9.59 Å². The van der Waals surface area contributed by atoms with Gasteiger partial charge in [-0.2, -0.15) is 0 Å². The lowest BCUT2D eigenvalue weighted by atomic mass is 9.95. The van der Waals surface area contributed by atoms with Crippen LogP contribution in [0.25, 0.3) is 0 Å². The molecule has 0 spiro atoms. The van der Waals surface area contributed by atoms with Gasteiger partial charge in [0.25, 0.3) is 0 Å². The number of fused-ring (bicyclic) bond motifs is 2. The highest BCUT2D eigenvalue weighted by atomic mass is 32.2. The number of carboxylic acids is 1. The van der Waals surface area contributed by atoms with E-state index in [4.69, 9.17) is 9.47 Å². The number of allylic oxidation sites excluding steroid dienone is 1. The Morgan fingerprint density at radius 2 is 2.11 bits per heavy atom. The van der Waals surface area contributed by atoms with Gasteiger partial charge in [0.2, 0.25) is 11.8 Å². The van der Waals surface area contributed by atoms with Gasteiger partial charge in [-0.25, -0.2) is 9.59 Å². The number of aliphatic carboxylic acids is 1. The molecule has 4 atom stereocenters. The lowest BCUT2D eigenvalue weighted by Crippen LogP contribution is -2.71. The van der Waals surface area contributed by atoms with Crippen LogP contribution in [0.3, 0.4) is 0 Å². The monoisotopic (exact) mass is 503 g/mol.